The number of rotatable bonds is 9. The number of thiophene rings is 1. The van der Waals surface area contributed by atoms with Crippen molar-refractivity contribution in [3.63, 3.8) is 0 Å². The van der Waals surface area contributed by atoms with E-state index < -0.39 is 0 Å². The van der Waals surface area contributed by atoms with Crippen molar-refractivity contribution in [1.29, 1.82) is 0 Å². The van der Waals surface area contributed by atoms with E-state index in [1.54, 1.807) is 11.3 Å². The molecule has 0 aliphatic carbocycles. The topological polar surface area (TPSA) is 36.4 Å². The lowest BCUT2D eigenvalue weighted by Crippen LogP contribution is -2.38. The molecule has 0 spiro atoms. The maximum absolute atomic E-state index is 4.66. The standard InChI is InChI=1S/C15H25N3S2.HI/c1-4-8-19-10-7-17-15(16-5-2)18-11-13(3)14-6-9-20-12-14;/h4,6,9,12-13H,1,5,7-8,10-11H2,2-3H3,(H2,16,17,18);1H. The summed E-state index contributed by atoms with van der Waals surface area (Å²) in [5.74, 6) is 3.45. The third kappa shape index (κ3) is 9.42. The van der Waals surface area contributed by atoms with Gasteiger partial charge in [-0.25, -0.2) is 0 Å². The average molecular weight is 439 g/mol. The normalized spacial score (nSPS) is 12.4. The summed E-state index contributed by atoms with van der Waals surface area (Å²) in [5, 5.41) is 11.0. The van der Waals surface area contributed by atoms with Crippen molar-refractivity contribution < 1.29 is 0 Å². The molecule has 1 aromatic rings. The van der Waals surface area contributed by atoms with Crippen LogP contribution in [-0.2, 0) is 0 Å². The molecule has 1 rings (SSSR count). The van der Waals surface area contributed by atoms with E-state index in [1.807, 2.05) is 17.8 Å². The van der Waals surface area contributed by atoms with Gasteiger partial charge in [-0.3, -0.25) is 4.99 Å². The summed E-state index contributed by atoms with van der Waals surface area (Å²) in [7, 11) is 0. The fourth-order valence-corrected chi connectivity index (χ4v) is 3.00. The number of guanidine groups is 1. The van der Waals surface area contributed by atoms with E-state index in [0.717, 1.165) is 37.1 Å². The highest BCUT2D eigenvalue weighted by Crippen LogP contribution is 2.18. The highest BCUT2D eigenvalue weighted by Gasteiger charge is 2.05. The van der Waals surface area contributed by atoms with Gasteiger partial charge >= 0.3 is 0 Å². The fraction of sp³-hybridized carbons (Fsp3) is 0.533. The first-order valence-corrected chi connectivity index (χ1v) is 9.10. The molecule has 1 heterocycles. The maximum Gasteiger partial charge on any atom is 0.191 e. The van der Waals surface area contributed by atoms with Crippen LogP contribution in [0.2, 0.25) is 0 Å². The SMILES string of the molecule is C=CCSCCNC(=NCC(C)c1ccsc1)NCC.I. The molecule has 0 radical (unpaired) electrons. The Morgan fingerprint density at radius 1 is 1.52 bits per heavy atom. The van der Waals surface area contributed by atoms with Crippen molar-refractivity contribution in [3.8, 4) is 0 Å². The molecule has 0 aliphatic heterocycles. The predicted octanol–water partition coefficient (Wildman–Crippen LogP) is 3.94. The monoisotopic (exact) mass is 439 g/mol. The van der Waals surface area contributed by atoms with Crippen molar-refractivity contribution in [2.45, 2.75) is 19.8 Å². The van der Waals surface area contributed by atoms with E-state index in [0.29, 0.717) is 5.92 Å². The molecule has 1 unspecified atom stereocenters. The molecule has 2 N–H and O–H groups in total. The van der Waals surface area contributed by atoms with Crippen molar-refractivity contribution in [3.05, 3.63) is 35.0 Å². The van der Waals surface area contributed by atoms with Gasteiger partial charge in [0.25, 0.3) is 0 Å². The number of halogens is 1. The number of thioether (sulfide) groups is 1. The molecule has 3 nitrogen and oxygen atoms in total. The fourth-order valence-electron chi connectivity index (χ4n) is 1.64. The van der Waals surface area contributed by atoms with E-state index in [2.05, 4.69) is 52.9 Å². The summed E-state index contributed by atoms with van der Waals surface area (Å²) in [6.45, 7) is 10.7. The summed E-state index contributed by atoms with van der Waals surface area (Å²) in [5.41, 5.74) is 1.37. The van der Waals surface area contributed by atoms with Crippen LogP contribution in [0.15, 0.2) is 34.5 Å². The summed E-state index contributed by atoms with van der Waals surface area (Å²) < 4.78 is 0. The first-order chi connectivity index (χ1) is 9.77. The number of aliphatic imine (C=N–C) groups is 1. The minimum Gasteiger partial charge on any atom is -0.357 e. The minimum absolute atomic E-state index is 0. The second kappa shape index (κ2) is 13.5. The maximum atomic E-state index is 4.66. The zero-order chi connectivity index (χ0) is 14.6. The zero-order valence-electron chi connectivity index (χ0n) is 12.8. The van der Waals surface area contributed by atoms with Crippen molar-refractivity contribution >= 4 is 53.0 Å². The summed E-state index contributed by atoms with van der Waals surface area (Å²) >= 11 is 3.62. The quantitative estimate of drug-likeness (QED) is 0.201. The molecule has 1 aromatic heterocycles. The van der Waals surface area contributed by atoms with Gasteiger partial charge in [0.05, 0.1) is 0 Å². The second-order valence-electron chi connectivity index (χ2n) is 4.47. The Hall–Kier alpha value is -0.210. The third-order valence-corrected chi connectivity index (χ3v) is 4.42. The van der Waals surface area contributed by atoms with Crippen molar-refractivity contribution in [2.75, 3.05) is 31.1 Å². The average Bonchev–Trinajstić information content (AvgIpc) is 2.98. The number of hydrogen-bond acceptors (Lipinski definition) is 3. The molecule has 6 heteroatoms. The van der Waals surface area contributed by atoms with Crippen LogP contribution in [0.4, 0.5) is 0 Å². The van der Waals surface area contributed by atoms with Gasteiger partial charge in [-0.1, -0.05) is 13.0 Å². The molecule has 0 saturated heterocycles. The van der Waals surface area contributed by atoms with Crippen molar-refractivity contribution in [2.24, 2.45) is 4.99 Å². The van der Waals surface area contributed by atoms with Gasteiger partial charge in [-0.05, 0) is 29.3 Å². The van der Waals surface area contributed by atoms with Crippen LogP contribution in [0, 0.1) is 0 Å². The van der Waals surface area contributed by atoms with E-state index >= 15 is 0 Å². The van der Waals surface area contributed by atoms with Gasteiger partial charge in [-0.15, -0.1) is 30.6 Å². The third-order valence-electron chi connectivity index (χ3n) is 2.75. The molecule has 1 atom stereocenters. The highest BCUT2D eigenvalue weighted by atomic mass is 127. The lowest BCUT2D eigenvalue weighted by molar-refractivity contribution is 0.757. The Morgan fingerprint density at radius 3 is 2.95 bits per heavy atom. The summed E-state index contributed by atoms with van der Waals surface area (Å²) in [6.07, 6.45) is 1.94. The molecule has 0 amide bonds. The Labute approximate surface area is 154 Å². The largest absolute Gasteiger partial charge is 0.357 e. The Bertz CT molecular complexity index is 394. The van der Waals surface area contributed by atoms with Gasteiger partial charge in [-0.2, -0.15) is 23.1 Å². The molecule has 0 fully saturated rings. The van der Waals surface area contributed by atoms with Gasteiger partial charge in [0.2, 0.25) is 0 Å². The van der Waals surface area contributed by atoms with Crippen LogP contribution < -0.4 is 10.6 Å². The first kappa shape index (κ1) is 20.8. The molecule has 0 bridgehead atoms. The molecule has 0 saturated carbocycles. The lowest BCUT2D eigenvalue weighted by atomic mass is 10.1. The summed E-state index contributed by atoms with van der Waals surface area (Å²) in [4.78, 5) is 4.66. The smallest absolute Gasteiger partial charge is 0.191 e. The van der Waals surface area contributed by atoms with Gasteiger partial charge < -0.3 is 10.6 Å². The Kier molecular flexibility index (Phi) is 13.3. The van der Waals surface area contributed by atoms with E-state index in [-0.39, 0.29) is 24.0 Å². The number of nitrogens with zero attached hydrogens (tertiary/aromatic N) is 1. The Balaban J connectivity index is 0.00000400. The van der Waals surface area contributed by atoms with Crippen molar-refractivity contribution in [1.82, 2.24) is 10.6 Å². The molecular weight excluding hydrogens is 413 g/mol. The molecule has 120 valence electrons. The first-order valence-electron chi connectivity index (χ1n) is 7.00. The minimum atomic E-state index is 0. The van der Waals surface area contributed by atoms with Crippen LogP contribution in [-0.4, -0.2) is 37.1 Å². The molecule has 0 aliphatic rings. The van der Waals surface area contributed by atoms with Gasteiger partial charge in [0.15, 0.2) is 5.96 Å². The molecular formula is C15H26IN3S2. The van der Waals surface area contributed by atoms with Crippen LogP contribution in [0.3, 0.4) is 0 Å². The van der Waals surface area contributed by atoms with Crippen LogP contribution in [0.1, 0.15) is 25.3 Å². The van der Waals surface area contributed by atoms with Crippen LogP contribution >= 0.6 is 47.1 Å². The van der Waals surface area contributed by atoms with Crippen LogP contribution in [0.5, 0.6) is 0 Å². The lowest BCUT2D eigenvalue weighted by Gasteiger charge is -2.12. The molecule has 0 aromatic carbocycles. The Morgan fingerprint density at radius 2 is 2.33 bits per heavy atom. The molecule has 21 heavy (non-hydrogen) atoms. The van der Waals surface area contributed by atoms with Gasteiger partial charge in [0.1, 0.15) is 0 Å². The van der Waals surface area contributed by atoms with E-state index in [4.69, 9.17) is 0 Å². The number of hydrogen-bond donors (Lipinski definition) is 2. The number of nitrogens with one attached hydrogen (secondary N) is 2. The van der Waals surface area contributed by atoms with Crippen LogP contribution in [0.25, 0.3) is 0 Å². The highest BCUT2D eigenvalue weighted by molar-refractivity contribution is 14.0. The van der Waals surface area contributed by atoms with E-state index in [9.17, 15) is 0 Å². The van der Waals surface area contributed by atoms with E-state index in [1.165, 1.54) is 5.56 Å². The second-order valence-corrected chi connectivity index (χ2v) is 6.40. The summed E-state index contributed by atoms with van der Waals surface area (Å²) in [6, 6.07) is 2.18. The zero-order valence-corrected chi connectivity index (χ0v) is 16.8. The predicted molar refractivity (Wildman–Crippen MR) is 110 cm³/mol. The van der Waals surface area contributed by atoms with Gasteiger partial charge in [0, 0.05) is 37.1 Å².